The second-order valence-corrected chi connectivity index (χ2v) is 6.79. The molecule has 1 N–H and O–H groups in total. The highest BCUT2D eigenvalue weighted by molar-refractivity contribution is 5.90. The van der Waals surface area contributed by atoms with Gasteiger partial charge in [-0.25, -0.2) is 4.79 Å². The van der Waals surface area contributed by atoms with Gasteiger partial charge in [0.1, 0.15) is 0 Å². The van der Waals surface area contributed by atoms with E-state index in [0.717, 1.165) is 24.8 Å². The van der Waals surface area contributed by atoms with Crippen LogP contribution in [0.1, 0.15) is 24.8 Å². The summed E-state index contributed by atoms with van der Waals surface area (Å²) in [4.78, 5) is 36.7. The first-order valence-corrected chi connectivity index (χ1v) is 9.29. The van der Waals surface area contributed by atoms with E-state index in [1.165, 1.54) is 18.0 Å². The number of esters is 1. The van der Waals surface area contributed by atoms with Crippen molar-refractivity contribution in [3.05, 3.63) is 29.8 Å². The number of carbonyl (C=O) groups excluding carboxylic acids is 3. The highest BCUT2D eigenvalue weighted by atomic mass is 16.5. The maximum atomic E-state index is 12.0. The van der Waals surface area contributed by atoms with Crippen LogP contribution in [0.4, 0.5) is 0 Å². The van der Waals surface area contributed by atoms with E-state index in [1.807, 2.05) is 0 Å². The van der Waals surface area contributed by atoms with Gasteiger partial charge in [0.15, 0.2) is 18.1 Å². The van der Waals surface area contributed by atoms with Crippen molar-refractivity contribution in [2.45, 2.75) is 25.3 Å². The van der Waals surface area contributed by atoms with E-state index >= 15 is 0 Å². The first kappa shape index (κ1) is 19.7. The lowest BCUT2D eigenvalue weighted by atomic mass is 10.2. The van der Waals surface area contributed by atoms with Crippen molar-refractivity contribution in [1.29, 1.82) is 0 Å². The van der Waals surface area contributed by atoms with Crippen LogP contribution in [0.25, 0.3) is 6.08 Å². The molecule has 0 spiro atoms. The summed E-state index contributed by atoms with van der Waals surface area (Å²) >= 11 is 0. The minimum absolute atomic E-state index is 0.0556. The summed E-state index contributed by atoms with van der Waals surface area (Å²) in [5, 5.41) is 2.80. The molecule has 0 bridgehead atoms. The first-order valence-electron chi connectivity index (χ1n) is 9.29. The smallest absolute Gasteiger partial charge is 0.331 e. The van der Waals surface area contributed by atoms with Gasteiger partial charge >= 0.3 is 5.97 Å². The summed E-state index contributed by atoms with van der Waals surface area (Å²) in [6.07, 6.45) is 5.60. The minimum Gasteiger partial charge on any atom is -0.490 e. The molecule has 0 saturated heterocycles. The Morgan fingerprint density at radius 1 is 1.21 bits per heavy atom. The molecule has 3 rings (SSSR count). The number of rotatable bonds is 7. The third-order valence-electron chi connectivity index (χ3n) is 4.27. The van der Waals surface area contributed by atoms with Crippen molar-refractivity contribution in [3.63, 3.8) is 0 Å². The largest absolute Gasteiger partial charge is 0.490 e. The molecule has 2 aliphatic rings. The van der Waals surface area contributed by atoms with Gasteiger partial charge in [0, 0.05) is 25.6 Å². The lowest BCUT2D eigenvalue weighted by Crippen LogP contribution is -2.40. The second-order valence-electron chi connectivity index (χ2n) is 6.79. The lowest BCUT2D eigenvalue weighted by molar-refractivity contribution is -0.148. The molecule has 0 radical (unpaired) electrons. The molecule has 1 aliphatic carbocycles. The second kappa shape index (κ2) is 9.25. The summed E-state index contributed by atoms with van der Waals surface area (Å²) < 4.78 is 16.1. The van der Waals surface area contributed by atoms with Gasteiger partial charge < -0.3 is 24.4 Å². The van der Waals surface area contributed by atoms with Gasteiger partial charge in [-0.2, -0.15) is 0 Å². The number of benzene rings is 1. The van der Waals surface area contributed by atoms with Crippen LogP contribution in [0.3, 0.4) is 0 Å². The van der Waals surface area contributed by atoms with Crippen LogP contribution in [0.5, 0.6) is 11.5 Å². The van der Waals surface area contributed by atoms with Crippen LogP contribution in [-0.4, -0.2) is 62.1 Å². The third-order valence-corrected chi connectivity index (χ3v) is 4.27. The number of amides is 2. The molecule has 8 heteroatoms. The number of nitrogens with zero attached hydrogens (tertiary/aromatic N) is 1. The van der Waals surface area contributed by atoms with Crippen molar-refractivity contribution in [3.8, 4) is 11.5 Å². The predicted molar refractivity (Wildman–Crippen MR) is 101 cm³/mol. The molecule has 0 aromatic heterocycles. The topological polar surface area (TPSA) is 94.2 Å². The molecule has 28 heavy (non-hydrogen) atoms. The number of carbonyl (C=O) groups is 3. The van der Waals surface area contributed by atoms with E-state index in [0.29, 0.717) is 24.7 Å². The molecule has 1 aromatic carbocycles. The zero-order chi connectivity index (χ0) is 19.9. The Hall–Kier alpha value is -3.03. The molecule has 150 valence electrons. The fraction of sp³-hybridized carbons (Fsp3) is 0.450. The minimum atomic E-state index is -0.642. The fourth-order valence-electron chi connectivity index (χ4n) is 2.54. The fourth-order valence-corrected chi connectivity index (χ4v) is 2.54. The van der Waals surface area contributed by atoms with Crippen molar-refractivity contribution in [1.82, 2.24) is 10.2 Å². The van der Waals surface area contributed by atoms with E-state index in [9.17, 15) is 14.4 Å². The average Bonchev–Trinajstić information content (AvgIpc) is 3.50. The van der Waals surface area contributed by atoms with Crippen molar-refractivity contribution in [2.75, 3.05) is 33.4 Å². The Morgan fingerprint density at radius 3 is 2.71 bits per heavy atom. The van der Waals surface area contributed by atoms with Crippen LogP contribution in [-0.2, 0) is 19.1 Å². The zero-order valence-electron chi connectivity index (χ0n) is 15.8. The Morgan fingerprint density at radius 2 is 1.96 bits per heavy atom. The average molecular weight is 388 g/mol. The Kier molecular flexibility index (Phi) is 6.52. The Balaban J connectivity index is 1.43. The molecular weight excluding hydrogens is 364 g/mol. The highest BCUT2D eigenvalue weighted by Crippen LogP contribution is 2.30. The number of hydrogen-bond donors (Lipinski definition) is 1. The zero-order valence-corrected chi connectivity index (χ0v) is 15.8. The van der Waals surface area contributed by atoms with Crippen LogP contribution >= 0.6 is 0 Å². The van der Waals surface area contributed by atoms with Crippen molar-refractivity contribution in [2.24, 2.45) is 0 Å². The maximum Gasteiger partial charge on any atom is 0.331 e. The van der Waals surface area contributed by atoms with E-state index in [2.05, 4.69) is 5.32 Å². The standard InChI is InChI=1S/C20H24N2O6/c1-22(12-18(23)21-15-5-6-15)19(24)13-28-20(25)8-4-14-3-7-16-17(11-14)27-10-2-9-26-16/h3-4,7-8,11,15H,2,5-6,9-10,12-13H2,1H3,(H,21,23)/b8-4+. The number of hydrogen-bond acceptors (Lipinski definition) is 6. The summed E-state index contributed by atoms with van der Waals surface area (Å²) in [5.74, 6) is 0.0180. The van der Waals surface area contributed by atoms with Gasteiger partial charge in [-0.05, 0) is 36.6 Å². The van der Waals surface area contributed by atoms with E-state index in [1.54, 1.807) is 24.3 Å². The summed E-state index contributed by atoms with van der Waals surface area (Å²) in [7, 11) is 1.50. The van der Waals surface area contributed by atoms with Crippen molar-refractivity contribution < 1.29 is 28.6 Å². The van der Waals surface area contributed by atoms with E-state index in [-0.39, 0.29) is 18.5 Å². The lowest BCUT2D eigenvalue weighted by Gasteiger charge is -2.16. The maximum absolute atomic E-state index is 12.0. The Labute approximate surface area is 163 Å². The normalized spacial score (nSPS) is 15.6. The van der Waals surface area contributed by atoms with Gasteiger partial charge in [0.05, 0.1) is 19.8 Å². The van der Waals surface area contributed by atoms with Crippen LogP contribution in [0.2, 0.25) is 0 Å². The monoisotopic (exact) mass is 388 g/mol. The molecule has 1 fully saturated rings. The van der Waals surface area contributed by atoms with Crippen molar-refractivity contribution >= 4 is 23.9 Å². The molecule has 8 nitrogen and oxygen atoms in total. The van der Waals surface area contributed by atoms with E-state index < -0.39 is 18.5 Å². The highest BCUT2D eigenvalue weighted by Gasteiger charge is 2.24. The van der Waals surface area contributed by atoms with Crippen LogP contribution < -0.4 is 14.8 Å². The van der Waals surface area contributed by atoms with Gasteiger partial charge in [-0.1, -0.05) is 6.07 Å². The molecule has 1 aromatic rings. The van der Waals surface area contributed by atoms with Gasteiger partial charge in [-0.3, -0.25) is 9.59 Å². The molecule has 0 atom stereocenters. The number of fused-ring (bicyclic) bond motifs is 1. The number of ether oxygens (including phenoxy) is 3. The van der Waals surface area contributed by atoms with E-state index in [4.69, 9.17) is 14.2 Å². The molecule has 2 amide bonds. The number of nitrogens with one attached hydrogen (secondary N) is 1. The summed E-state index contributed by atoms with van der Waals surface area (Å²) in [6.45, 7) is 0.715. The molecule has 1 heterocycles. The van der Waals surface area contributed by atoms with Gasteiger partial charge in [0.25, 0.3) is 5.91 Å². The molecular formula is C20H24N2O6. The van der Waals surface area contributed by atoms with Crippen LogP contribution in [0, 0.1) is 0 Å². The summed E-state index contributed by atoms with van der Waals surface area (Å²) in [6, 6.07) is 5.61. The molecule has 1 saturated carbocycles. The molecule has 0 unspecified atom stereocenters. The third kappa shape index (κ3) is 6.00. The Bertz CT molecular complexity index is 772. The first-order chi connectivity index (χ1) is 13.5. The number of likely N-dealkylation sites (N-methyl/N-ethyl adjacent to an activating group) is 1. The quantitative estimate of drug-likeness (QED) is 0.556. The van der Waals surface area contributed by atoms with Gasteiger partial charge in [-0.15, -0.1) is 0 Å². The van der Waals surface area contributed by atoms with Crippen LogP contribution in [0.15, 0.2) is 24.3 Å². The SMILES string of the molecule is CN(CC(=O)NC1CC1)C(=O)COC(=O)/C=C/c1ccc2c(c1)OCCCO2. The van der Waals surface area contributed by atoms with Gasteiger partial charge in [0.2, 0.25) is 5.91 Å². The molecule has 1 aliphatic heterocycles. The predicted octanol–water partition coefficient (Wildman–Crippen LogP) is 1.14. The summed E-state index contributed by atoms with van der Waals surface area (Å²) in [5.41, 5.74) is 0.751.